The predicted molar refractivity (Wildman–Crippen MR) is 74.1 cm³/mol. The number of nitrogens with one attached hydrogen (secondary N) is 1. The predicted octanol–water partition coefficient (Wildman–Crippen LogP) is 1.28. The van der Waals surface area contributed by atoms with Gasteiger partial charge in [-0.15, -0.1) is 0 Å². The second kappa shape index (κ2) is 6.82. The molecule has 1 fully saturated rings. The third kappa shape index (κ3) is 3.89. The van der Waals surface area contributed by atoms with Crippen LogP contribution >= 0.6 is 0 Å². The highest BCUT2D eigenvalue weighted by atomic mass is 19.3. The summed E-state index contributed by atoms with van der Waals surface area (Å²) < 4.78 is 29.5. The first-order chi connectivity index (χ1) is 9.99. The normalized spacial score (nSPS) is 18.9. The molecule has 1 amide bonds. The minimum Gasteiger partial charge on any atom is -0.434 e. The summed E-state index contributed by atoms with van der Waals surface area (Å²) in [6.07, 6.45) is -0.438. The van der Waals surface area contributed by atoms with Gasteiger partial charge in [0.25, 0.3) is 0 Å². The van der Waals surface area contributed by atoms with E-state index in [-0.39, 0.29) is 18.2 Å². The van der Waals surface area contributed by atoms with E-state index in [4.69, 9.17) is 0 Å². The number of hydrogen-bond donors (Lipinski definition) is 1. The van der Waals surface area contributed by atoms with Crippen molar-refractivity contribution in [1.29, 1.82) is 0 Å². The zero-order valence-electron chi connectivity index (χ0n) is 12.1. The third-order valence-corrected chi connectivity index (χ3v) is 3.30. The molecule has 1 heterocycles. The maximum absolute atomic E-state index is 12.5. The van der Waals surface area contributed by atoms with E-state index in [1.807, 2.05) is 19.0 Å². The van der Waals surface area contributed by atoms with Gasteiger partial charge >= 0.3 is 6.61 Å². The van der Waals surface area contributed by atoms with E-state index >= 15 is 0 Å². The van der Waals surface area contributed by atoms with Gasteiger partial charge in [0.2, 0.25) is 5.91 Å². The van der Waals surface area contributed by atoms with Crippen molar-refractivity contribution in [2.45, 2.75) is 12.8 Å². The van der Waals surface area contributed by atoms with Crippen LogP contribution in [-0.4, -0.2) is 56.0 Å². The van der Waals surface area contributed by atoms with E-state index < -0.39 is 12.8 Å². The average Bonchev–Trinajstić information content (AvgIpc) is 2.77. The minimum atomic E-state index is -2.89. The topological polar surface area (TPSA) is 44.8 Å². The molecule has 1 unspecified atom stereocenters. The lowest BCUT2D eigenvalue weighted by Gasteiger charge is -2.27. The summed E-state index contributed by atoms with van der Waals surface area (Å²) >= 11 is 0. The van der Waals surface area contributed by atoms with Crippen LogP contribution in [0.1, 0.15) is 11.7 Å². The lowest BCUT2D eigenvalue weighted by molar-refractivity contribution is -0.128. The van der Waals surface area contributed by atoms with Gasteiger partial charge < -0.3 is 14.5 Å². The van der Waals surface area contributed by atoms with Crippen molar-refractivity contribution in [3.63, 3.8) is 0 Å². The van der Waals surface area contributed by atoms with E-state index in [1.165, 1.54) is 6.07 Å². The molecular formula is C14H19F2N3O2. The Kier molecular flexibility index (Phi) is 5.08. The molecule has 0 radical (unpaired) electrons. The molecule has 0 bridgehead atoms. The van der Waals surface area contributed by atoms with Crippen LogP contribution in [0.4, 0.5) is 8.78 Å². The lowest BCUT2D eigenvalue weighted by Crippen LogP contribution is -2.36. The van der Waals surface area contributed by atoms with Crippen molar-refractivity contribution < 1.29 is 18.3 Å². The molecule has 1 aromatic rings. The van der Waals surface area contributed by atoms with Crippen LogP contribution in [0.15, 0.2) is 24.3 Å². The number of benzene rings is 1. The highest BCUT2D eigenvalue weighted by Gasteiger charge is 2.33. The van der Waals surface area contributed by atoms with Crippen LogP contribution in [0, 0.1) is 0 Å². The van der Waals surface area contributed by atoms with E-state index in [0.717, 1.165) is 0 Å². The molecule has 21 heavy (non-hydrogen) atoms. The molecule has 1 aromatic carbocycles. The molecule has 0 saturated carbocycles. The number of carbonyl (C=O) groups excluding carboxylic acids is 1. The molecule has 1 atom stereocenters. The zero-order chi connectivity index (χ0) is 15.4. The fourth-order valence-corrected chi connectivity index (χ4v) is 2.29. The Morgan fingerprint density at radius 2 is 2.14 bits per heavy atom. The van der Waals surface area contributed by atoms with Gasteiger partial charge in [-0.05, 0) is 20.2 Å². The molecular weight excluding hydrogens is 280 g/mol. The lowest BCUT2D eigenvalue weighted by atomic mass is 10.1. The summed E-state index contributed by atoms with van der Waals surface area (Å²) in [5.74, 6) is 0.0447. The van der Waals surface area contributed by atoms with Gasteiger partial charge in [0.1, 0.15) is 11.9 Å². The molecule has 5 nitrogen and oxygen atoms in total. The second-order valence-electron chi connectivity index (χ2n) is 5.09. The van der Waals surface area contributed by atoms with Crippen molar-refractivity contribution in [3.05, 3.63) is 29.8 Å². The summed E-state index contributed by atoms with van der Waals surface area (Å²) in [5.41, 5.74) is 0.544. The van der Waals surface area contributed by atoms with Gasteiger partial charge in [0.05, 0.1) is 6.54 Å². The van der Waals surface area contributed by atoms with Crippen LogP contribution in [0.3, 0.4) is 0 Å². The van der Waals surface area contributed by atoms with E-state index in [9.17, 15) is 13.6 Å². The number of likely N-dealkylation sites (N-methyl/N-ethyl adjacent to an activating group) is 1. The Bertz CT molecular complexity index is 497. The highest BCUT2D eigenvalue weighted by molar-refractivity contribution is 5.81. The Morgan fingerprint density at radius 3 is 2.81 bits per heavy atom. The van der Waals surface area contributed by atoms with E-state index in [1.54, 1.807) is 23.1 Å². The first-order valence-corrected chi connectivity index (χ1v) is 6.70. The maximum Gasteiger partial charge on any atom is 0.387 e. The number of para-hydroxylation sites is 1. The molecule has 0 aromatic heterocycles. The minimum absolute atomic E-state index is 0.0475. The quantitative estimate of drug-likeness (QED) is 0.859. The highest BCUT2D eigenvalue weighted by Crippen LogP contribution is 2.30. The number of alkyl halides is 2. The smallest absolute Gasteiger partial charge is 0.387 e. The number of ether oxygens (including phenoxy) is 1. The molecule has 1 aliphatic heterocycles. The largest absolute Gasteiger partial charge is 0.434 e. The number of nitrogens with zero attached hydrogens (tertiary/aromatic N) is 2. The zero-order valence-corrected chi connectivity index (χ0v) is 12.1. The third-order valence-electron chi connectivity index (χ3n) is 3.30. The first-order valence-electron chi connectivity index (χ1n) is 6.70. The Hall–Kier alpha value is -1.73. The van der Waals surface area contributed by atoms with Crippen molar-refractivity contribution in [1.82, 2.24) is 15.1 Å². The average molecular weight is 299 g/mol. The van der Waals surface area contributed by atoms with Gasteiger partial charge in [0, 0.05) is 18.7 Å². The van der Waals surface area contributed by atoms with Crippen molar-refractivity contribution in [2.24, 2.45) is 0 Å². The monoisotopic (exact) mass is 299 g/mol. The number of amides is 1. The maximum atomic E-state index is 12.5. The Morgan fingerprint density at radius 1 is 1.43 bits per heavy atom. The first kappa shape index (κ1) is 15.7. The molecule has 1 aliphatic rings. The van der Waals surface area contributed by atoms with Crippen LogP contribution < -0.4 is 10.1 Å². The molecule has 1 saturated heterocycles. The number of halogens is 2. The Labute approximate surface area is 122 Å². The summed E-state index contributed by atoms with van der Waals surface area (Å²) in [6.45, 7) is -1.48. The van der Waals surface area contributed by atoms with Gasteiger partial charge in [-0.2, -0.15) is 8.78 Å². The molecule has 1 N–H and O–H groups in total. The van der Waals surface area contributed by atoms with Crippen LogP contribution in [0.2, 0.25) is 0 Å². The van der Waals surface area contributed by atoms with E-state index in [2.05, 4.69) is 10.1 Å². The SMILES string of the molecule is CN(C)CCN1C(=O)CNC1c1ccccc1OC(F)F. The standard InChI is InChI=1S/C14H19F2N3O2/c1-18(2)7-8-19-12(20)9-17-13(19)10-5-3-4-6-11(10)21-14(15)16/h3-6,13-14,17H,7-9H2,1-2H3. The van der Waals surface area contributed by atoms with Crippen LogP contribution in [0.25, 0.3) is 0 Å². The summed E-state index contributed by atoms with van der Waals surface area (Å²) in [4.78, 5) is 15.6. The van der Waals surface area contributed by atoms with Crippen LogP contribution in [0.5, 0.6) is 5.75 Å². The van der Waals surface area contributed by atoms with Gasteiger partial charge in [-0.25, -0.2) is 0 Å². The molecule has 0 aliphatic carbocycles. The molecule has 0 spiro atoms. The van der Waals surface area contributed by atoms with Gasteiger partial charge in [-0.1, -0.05) is 18.2 Å². The van der Waals surface area contributed by atoms with Crippen molar-refractivity contribution in [2.75, 3.05) is 33.7 Å². The van der Waals surface area contributed by atoms with Gasteiger partial charge in [0.15, 0.2) is 0 Å². The van der Waals surface area contributed by atoms with Crippen molar-refractivity contribution in [3.8, 4) is 5.75 Å². The van der Waals surface area contributed by atoms with Crippen LogP contribution in [-0.2, 0) is 4.79 Å². The number of rotatable bonds is 6. The second-order valence-corrected chi connectivity index (χ2v) is 5.09. The molecule has 116 valence electrons. The summed E-state index contributed by atoms with van der Waals surface area (Å²) in [7, 11) is 3.83. The summed E-state index contributed by atoms with van der Waals surface area (Å²) in [6, 6.07) is 6.54. The van der Waals surface area contributed by atoms with Crippen molar-refractivity contribution >= 4 is 5.91 Å². The van der Waals surface area contributed by atoms with Gasteiger partial charge in [-0.3, -0.25) is 10.1 Å². The summed E-state index contributed by atoms with van der Waals surface area (Å²) in [5, 5.41) is 3.04. The molecule has 7 heteroatoms. The number of carbonyl (C=O) groups is 1. The fourth-order valence-electron chi connectivity index (χ4n) is 2.29. The Balaban J connectivity index is 2.21. The van der Waals surface area contributed by atoms with E-state index in [0.29, 0.717) is 18.7 Å². The number of hydrogen-bond acceptors (Lipinski definition) is 4. The fraction of sp³-hybridized carbons (Fsp3) is 0.500. The molecule has 2 rings (SSSR count).